The van der Waals surface area contributed by atoms with Gasteiger partial charge in [-0.25, -0.2) is 0 Å². The van der Waals surface area contributed by atoms with Crippen LogP contribution >= 0.6 is 0 Å². The Morgan fingerprint density at radius 3 is 0.123 bits per heavy atom. The third-order valence-corrected chi connectivity index (χ3v) is 0. The first-order valence-corrected chi connectivity index (χ1v) is 2.83. The molecule has 0 atom stereocenters. The van der Waals surface area contributed by atoms with Crippen molar-refractivity contribution in [3.63, 3.8) is 0 Å². The van der Waals surface area contributed by atoms with E-state index in [0.29, 0.717) is 0 Å². The van der Waals surface area contributed by atoms with Gasteiger partial charge >= 0.3 is 2720 Å². The molecule has 5 N–H and O–H groups in total. The van der Waals surface area contributed by atoms with E-state index in [4.69, 9.17) is 76.6 Å². The van der Waals surface area contributed by atoms with Crippen LogP contribution in [0.4, 0.5) is 0 Å². The zero-order valence-corrected chi connectivity index (χ0v) is 227. The van der Waals surface area contributed by atoms with Gasteiger partial charge in [0.2, 0.25) is 0 Å². The molecule has 0 spiro atoms. The van der Waals surface area contributed by atoms with Crippen LogP contribution in [0.5, 0.6) is 0 Å². The normalized spacial score (nSPS) is 1.64. The molecule has 0 aliphatic heterocycles. The van der Waals surface area contributed by atoms with Gasteiger partial charge in [-0.05, 0) is 0 Å². The summed E-state index contributed by atoms with van der Waals surface area (Å²) in [4.78, 5) is 41.8. The van der Waals surface area contributed by atoms with Crippen LogP contribution in [-0.2, 0) is 0 Å². The molecular formula is H5K53N5O15+53. The van der Waals surface area contributed by atoms with Gasteiger partial charge in [0.1, 0.15) is 0 Å². The molecule has 0 heterocycles. The molecule has 0 aromatic rings. The fraction of sp³-hybridized carbons (Fsp3) is 0. The maximum atomic E-state index is 8.36. The predicted octanol–water partition coefficient (Wildman–Crippen LogP) is -161. The average molecular weight is 2390 g/mol. The van der Waals surface area contributed by atoms with Crippen molar-refractivity contribution >= 4 is 0 Å². The Kier molecular flexibility index (Phi) is 2050. The van der Waals surface area contributed by atoms with E-state index in [1.807, 2.05) is 0 Å². The van der Waals surface area contributed by atoms with Crippen molar-refractivity contribution in [2.45, 2.75) is 0 Å². The number of nitrogens with zero attached hydrogens (tertiary/aromatic N) is 5. The van der Waals surface area contributed by atoms with E-state index in [2.05, 4.69) is 0 Å². The van der Waals surface area contributed by atoms with Crippen LogP contribution in [0.15, 0.2) is 0 Å². The van der Waals surface area contributed by atoms with Crippen LogP contribution in [-0.4, -0.2) is 51.5 Å². The van der Waals surface area contributed by atoms with E-state index in [0.717, 1.165) is 0 Å². The SMILES string of the molecule is O=[N+]([O-])O.O=[N+]([O-])O.O=[N+]([O-])O.O=[N+]([O-])O.O=[N+]([O-])O.[K+].[K+].[K+].[K+].[K+].[K+].[K+].[K+].[K+].[K+].[K+].[K+].[K+].[K+].[K+].[K+].[K+].[K+].[K+].[K+].[K+].[K+].[K+].[K+].[K+].[K+].[K+].[K+].[K+].[K+].[K+].[K+].[K+].[K+].[K+].[K+].[K+].[K+].[K+].[K+].[K+].[K+].[K+].[K+].[K+].[K+].[K+].[K+].[K+].[K+].[K+].[K+].[K+]. The van der Waals surface area contributed by atoms with Crippen LogP contribution in [0.1, 0.15) is 0 Å². The molecule has 0 radical (unpaired) electrons. The Hall–Kier alpha value is 82.7. The second-order valence-corrected chi connectivity index (χ2v) is 1.19. The Morgan fingerprint density at radius 2 is 0.123 bits per heavy atom. The van der Waals surface area contributed by atoms with Crippen molar-refractivity contribution in [1.29, 1.82) is 0 Å². The predicted molar refractivity (Wildman–Crippen MR) is 43.9 cm³/mol. The first kappa shape index (κ1) is 390. The average Bonchev–Trinajstić information content (AvgIpc) is 1.94. The fourth-order valence-electron chi connectivity index (χ4n) is 0. The summed E-state index contributed by atoms with van der Waals surface area (Å²) in [6.45, 7) is 0. The van der Waals surface area contributed by atoms with E-state index in [1.54, 1.807) is 0 Å². The van der Waals surface area contributed by atoms with Gasteiger partial charge in [-0.15, -0.1) is 50.6 Å². The molecule has 0 aromatic carbocycles. The molecular weight excluding hydrogens is 2380 g/mol. The zero-order chi connectivity index (χ0) is 17.9. The van der Waals surface area contributed by atoms with Crippen molar-refractivity contribution in [1.82, 2.24) is 0 Å². The summed E-state index contributed by atoms with van der Waals surface area (Å²) in [6, 6.07) is 0. The summed E-state index contributed by atoms with van der Waals surface area (Å²) in [7, 11) is 0. The first-order chi connectivity index (χ1) is 8.66. The molecule has 73 heteroatoms. The van der Waals surface area contributed by atoms with Gasteiger partial charge in [-0.3, -0.25) is 0 Å². The molecule has 0 aliphatic rings. The van der Waals surface area contributed by atoms with Gasteiger partial charge in [-0.1, -0.05) is 0 Å². The van der Waals surface area contributed by atoms with Crippen molar-refractivity contribution in [2.75, 3.05) is 0 Å². The van der Waals surface area contributed by atoms with E-state index in [1.165, 1.54) is 0 Å². The van der Waals surface area contributed by atoms with Crippen molar-refractivity contribution in [3.8, 4) is 0 Å². The summed E-state index contributed by atoms with van der Waals surface area (Å²) in [6.07, 6.45) is 0. The second-order valence-electron chi connectivity index (χ2n) is 1.19. The Labute approximate surface area is 2700 Å². The van der Waals surface area contributed by atoms with Crippen LogP contribution < -0.4 is 2720 Å². The molecule has 0 saturated carbocycles. The maximum absolute atomic E-state index is 8.36. The maximum Gasteiger partial charge on any atom is 1.00 e. The topological polar surface area (TPSA) is 317 Å². The van der Waals surface area contributed by atoms with Crippen LogP contribution in [0.25, 0.3) is 0 Å². The summed E-state index contributed by atoms with van der Waals surface area (Å²) < 4.78 is 0. The molecule has 0 amide bonds. The molecule has 120 valence electrons. The molecule has 0 bridgehead atoms. The van der Waals surface area contributed by atoms with Crippen molar-refractivity contribution in [2.24, 2.45) is 0 Å². The van der Waals surface area contributed by atoms with Gasteiger partial charge < -0.3 is 26.0 Å². The van der Waals surface area contributed by atoms with E-state index in [-0.39, 0.29) is 2720 Å². The second kappa shape index (κ2) is 383. The van der Waals surface area contributed by atoms with E-state index < -0.39 is 25.4 Å². The minimum absolute atomic E-state index is 0. The summed E-state index contributed by atoms with van der Waals surface area (Å²) in [5.41, 5.74) is 0. The molecule has 0 rings (SSSR count). The minimum Gasteiger partial charge on any atom is -0.328 e. The third kappa shape index (κ3) is 527. The Bertz CT molecular complexity index is 263. The molecule has 0 unspecified atom stereocenters. The molecule has 73 heavy (non-hydrogen) atoms. The van der Waals surface area contributed by atoms with Gasteiger partial charge in [0.05, 0.1) is 0 Å². The summed E-state index contributed by atoms with van der Waals surface area (Å²) in [5.74, 6) is 0. The first-order valence-electron chi connectivity index (χ1n) is 2.83. The molecule has 0 aliphatic carbocycles. The fourth-order valence-corrected chi connectivity index (χ4v) is 0. The van der Waals surface area contributed by atoms with Crippen LogP contribution in [0, 0.1) is 50.6 Å². The van der Waals surface area contributed by atoms with Crippen LogP contribution in [0.3, 0.4) is 0 Å². The van der Waals surface area contributed by atoms with Crippen LogP contribution in [0.2, 0.25) is 0 Å². The zero-order valence-electron chi connectivity index (χ0n) is 61.6. The smallest absolute Gasteiger partial charge is 0.328 e. The molecule has 0 saturated heterocycles. The number of hydrogen-bond acceptors (Lipinski definition) is 10. The third-order valence-electron chi connectivity index (χ3n) is 0. The number of rotatable bonds is 0. The summed E-state index contributed by atoms with van der Waals surface area (Å²) >= 11 is 0. The van der Waals surface area contributed by atoms with Gasteiger partial charge in [0.15, 0.2) is 0 Å². The Balaban J connectivity index is -0.000000000582. The van der Waals surface area contributed by atoms with Gasteiger partial charge in [0.25, 0.3) is 25.4 Å². The number of hydrogen-bond donors (Lipinski definition) is 5. The standard InChI is InChI=1S/53K.5HNO3/c;;;;;;;;;;;;;;;;;;;;;;;;;;;;;;;;;;;;;;;;;;;;;;;;;;;;;5*2-1(3)4/h;;;;;;;;;;;;;;;;;;;;;;;;;;;;;;;;;;;;;;;;;;;;;;;;;;;;;5*(H,2,3,4)/q53*+1;;;;;. The van der Waals surface area contributed by atoms with E-state index >= 15 is 0 Å². The quantitative estimate of drug-likeness (QED) is 0.0855. The van der Waals surface area contributed by atoms with Crippen molar-refractivity contribution < 1.29 is 2770 Å². The largest absolute Gasteiger partial charge is 1.00 e. The van der Waals surface area contributed by atoms with Crippen molar-refractivity contribution in [3.05, 3.63) is 50.6 Å². The van der Waals surface area contributed by atoms with Gasteiger partial charge in [0, 0.05) is 0 Å². The molecule has 0 aromatic heterocycles. The summed E-state index contributed by atoms with van der Waals surface area (Å²) in [5, 5.41) is 68.2. The monoisotopic (exact) mass is 2380 g/mol. The minimum atomic E-state index is -1.50. The molecule has 0 fully saturated rings. The Morgan fingerprint density at radius 1 is 0.123 bits per heavy atom. The van der Waals surface area contributed by atoms with E-state index in [9.17, 15) is 0 Å². The molecule has 20 nitrogen and oxygen atoms in total. The van der Waals surface area contributed by atoms with Gasteiger partial charge in [-0.2, -0.15) is 0 Å².